The SMILES string of the molecule is O=c1ccc(Br)c2n(-c3ccccc3)c3ccccc3cc1-2. The summed E-state index contributed by atoms with van der Waals surface area (Å²) in [5, 5.41) is 1.05. The van der Waals surface area contributed by atoms with Crippen molar-refractivity contribution < 1.29 is 0 Å². The van der Waals surface area contributed by atoms with E-state index in [9.17, 15) is 4.79 Å². The highest BCUT2D eigenvalue weighted by Crippen LogP contribution is 2.34. The molecular weight excluding hydrogens is 338 g/mol. The number of halogens is 1. The molecule has 0 unspecified atom stereocenters. The molecule has 1 aliphatic carbocycles. The van der Waals surface area contributed by atoms with Crippen molar-refractivity contribution in [3.05, 3.63) is 87.5 Å². The number of rotatable bonds is 1. The van der Waals surface area contributed by atoms with E-state index in [4.69, 9.17) is 0 Å². The summed E-state index contributed by atoms with van der Waals surface area (Å²) in [7, 11) is 0. The summed E-state index contributed by atoms with van der Waals surface area (Å²) in [4.78, 5) is 12.3. The van der Waals surface area contributed by atoms with Crippen LogP contribution < -0.4 is 5.43 Å². The fraction of sp³-hybridized carbons (Fsp3) is 0. The Morgan fingerprint density at radius 3 is 2.36 bits per heavy atom. The first kappa shape index (κ1) is 13.3. The first-order valence-electron chi connectivity index (χ1n) is 7.04. The predicted molar refractivity (Wildman–Crippen MR) is 93.9 cm³/mol. The Morgan fingerprint density at radius 1 is 0.818 bits per heavy atom. The van der Waals surface area contributed by atoms with Crippen molar-refractivity contribution in [1.82, 2.24) is 4.57 Å². The van der Waals surface area contributed by atoms with E-state index in [1.807, 2.05) is 48.5 Å². The molecule has 22 heavy (non-hydrogen) atoms. The zero-order chi connectivity index (χ0) is 15.1. The molecule has 2 aliphatic rings. The van der Waals surface area contributed by atoms with Gasteiger partial charge in [0.15, 0.2) is 5.43 Å². The zero-order valence-electron chi connectivity index (χ0n) is 11.7. The number of fused-ring (bicyclic) bond motifs is 2. The van der Waals surface area contributed by atoms with Crippen LogP contribution in [0.3, 0.4) is 0 Å². The molecule has 2 aromatic carbocycles. The second-order valence-corrected chi connectivity index (χ2v) is 6.04. The molecule has 4 rings (SSSR count). The molecule has 2 nitrogen and oxygen atoms in total. The summed E-state index contributed by atoms with van der Waals surface area (Å²) < 4.78 is 3.05. The van der Waals surface area contributed by atoms with Crippen LogP contribution in [0.2, 0.25) is 0 Å². The highest BCUT2D eigenvalue weighted by molar-refractivity contribution is 9.10. The molecule has 106 valence electrons. The summed E-state index contributed by atoms with van der Waals surface area (Å²) in [6.07, 6.45) is 0. The van der Waals surface area contributed by atoms with Crippen molar-refractivity contribution in [3.8, 4) is 16.9 Å². The molecule has 0 saturated heterocycles. The molecule has 3 heteroatoms. The molecule has 0 N–H and O–H groups in total. The van der Waals surface area contributed by atoms with Gasteiger partial charge in [-0.05, 0) is 57.7 Å². The Bertz CT molecular complexity index is 1000. The fourth-order valence-corrected chi connectivity index (χ4v) is 3.39. The largest absolute Gasteiger partial charge is 0.308 e. The summed E-state index contributed by atoms with van der Waals surface area (Å²) in [6, 6.07) is 23.6. The number of hydrogen-bond donors (Lipinski definition) is 0. The molecule has 0 bridgehead atoms. The first-order chi connectivity index (χ1) is 10.8. The van der Waals surface area contributed by atoms with Crippen LogP contribution in [-0.2, 0) is 0 Å². The van der Waals surface area contributed by atoms with Crippen molar-refractivity contribution in [1.29, 1.82) is 0 Å². The number of pyridine rings is 1. The van der Waals surface area contributed by atoms with Crippen molar-refractivity contribution in [2.75, 3.05) is 0 Å². The molecule has 0 radical (unpaired) electrons. The molecule has 0 aromatic heterocycles. The van der Waals surface area contributed by atoms with E-state index in [2.05, 4.69) is 38.7 Å². The second-order valence-electron chi connectivity index (χ2n) is 5.18. The van der Waals surface area contributed by atoms with E-state index >= 15 is 0 Å². The third-order valence-electron chi connectivity index (χ3n) is 3.84. The van der Waals surface area contributed by atoms with Crippen LogP contribution in [0.25, 0.3) is 27.8 Å². The van der Waals surface area contributed by atoms with E-state index in [0.29, 0.717) is 0 Å². The minimum absolute atomic E-state index is 0.0358. The average Bonchev–Trinajstić information content (AvgIpc) is 2.57. The molecule has 2 aromatic rings. The second kappa shape index (κ2) is 5.11. The van der Waals surface area contributed by atoms with Gasteiger partial charge in [-0.15, -0.1) is 0 Å². The highest BCUT2D eigenvalue weighted by Gasteiger charge is 2.17. The van der Waals surface area contributed by atoms with Crippen LogP contribution in [0, 0.1) is 0 Å². The van der Waals surface area contributed by atoms with Gasteiger partial charge in [-0.1, -0.05) is 36.4 Å². The maximum atomic E-state index is 12.3. The van der Waals surface area contributed by atoms with Crippen LogP contribution in [0.4, 0.5) is 0 Å². The van der Waals surface area contributed by atoms with E-state index in [1.165, 1.54) is 0 Å². The molecule has 0 spiro atoms. The third-order valence-corrected chi connectivity index (χ3v) is 4.48. The van der Waals surface area contributed by atoms with Gasteiger partial charge in [0.1, 0.15) is 0 Å². The summed E-state index contributed by atoms with van der Waals surface area (Å²) in [5.41, 5.74) is 3.77. The quantitative estimate of drug-likeness (QED) is 0.450. The minimum atomic E-state index is 0.0358. The Balaban J connectivity index is 2.28. The minimum Gasteiger partial charge on any atom is -0.308 e. The smallest absolute Gasteiger partial charge is 0.188 e. The summed E-state index contributed by atoms with van der Waals surface area (Å²) in [5.74, 6) is 0. The van der Waals surface area contributed by atoms with Gasteiger partial charge in [0.05, 0.1) is 11.2 Å². The Kier molecular flexibility index (Phi) is 3.09. The van der Waals surface area contributed by atoms with Gasteiger partial charge >= 0.3 is 0 Å². The summed E-state index contributed by atoms with van der Waals surface area (Å²) >= 11 is 3.61. The average molecular weight is 350 g/mol. The lowest BCUT2D eigenvalue weighted by Gasteiger charge is -2.20. The van der Waals surface area contributed by atoms with Crippen LogP contribution in [-0.4, -0.2) is 4.57 Å². The Morgan fingerprint density at radius 2 is 1.55 bits per heavy atom. The number of hydrogen-bond acceptors (Lipinski definition) is 1. The molecule has 0 fully saturated rings. The lowest BCUT2D eigenvalue weighted by atomic mass is 10.0. The van der Waals surface area contributed by atoms with E-state index in [0.717, 1.165) is 32.3 Å². The maximum absolute atomic E-state index is 12.3. The maximum Gasteiger partial charge on any atom is 0.188 e. The molecule has 0 amide bonds. The topological polar surface area (TPSA) is 22.0 Å². The van der Waals surface area contributed by atoms with E-state index < -0.39 is 0 Å². The lowest BCUT2D eigenvalue weighted by molar-refractivity contribution is 1.10. The number of benzene rings is 3. The van der Waals surface area contributed by atoms with Crippen LogP contribution in [0.5, 0.6) is 0 Å². The van der Waals surface area contributed by atoms with Gasteiger partial charge in [-0.2, -0.15) is 0 Å². The van der Waals surface area contributed by atoms with E-state index in [-0.39, 0.29) is 5.43 Å². The molecule has 0 saturated carbocycles. The fourth-order valence-electron chi connectivity index (χ4n) is 2.86. The van der Waals surface area contributed by atoms with Crippen molar-refractivity contribution in [2.24, 2.45) is 0 Å². The van der Waals surface area contributed by atoms with Crippen molar-refractivity contribution >= 4 is 26.8 Å². The number of para-hydroxylation sites is 2. The Hall–Kier alpha value is -2.39. The highest BCUT2D eigenvalue weighted by atomic mass is 79.9. The van der Waals surface area contributed by atoms with Gasteiger partial charge in [0, 0.05) is 15.7 Å². The van der Waals surface area contributed by atoms with Crippen molar-refractivity contribution in [3.63, 3.8) is 0 Å². The molecule has 1 heterocycles. The molecular formula is C19H12BrNO. The van der Waals surface area contributed by atoms with Gasteiger partial charge in [-0.25, -0.2) is 0 Å². The van der Waals surface area contributed by atoms with E-state index in [1.54, 1.807) is 6.07 Å². The van der Waals surface area contributed by atoms with Gasteiger partial charge in [0.2, 0.25) is 0 Å². The van der Waals surface area contributed by atoms with Gasteiger partial charge in [0.25, 0.3) is 0 Å². The zero-order valence-corrected chi connectivity index (χ0v) is 13.2. The van der Waals surface area contributed by atoms with Gasteiger partial charge in [-0.3, -0.25) is 4.79 Å². The molecule has 0 atom stereocenters. The standard InChI is InChI=1S/C19H12BrNO/c20-16-10-11-18(22)15-12-13-6-4-5-9-17(13)21(19(15)16)14-7-2-1-3-8-14/h1-12H. The molecule has 1 aliphatic heterocycles. The van der Waals surface area contributed by atoms with Crippen LogP contribution in [0.1, 0.15) is 0 Å². The van der Waals surface area contributed by atoms with Gasteiger partial charge < -0.3 is 4.57 Å². The monoisotopic (exact) mass is 349 g/mol. The first-order valence-corrected chi connectivity index (χ1v) is 7.83. The third kappa shape index (κ3) is 1.97. The summed E-state index contributed by atoms with van der Waals surface area (Å²) in [6.45, 7) is 0. The lowest BCUT2D eigenvalue weighted by Crippen LogP contribution is -2.12. The van der Waals surface area contributed by atoms with Crippen LogP contribution >= 0.6 is 15.9 Å². The number of nitrogens with zero attached hydrogens (tertiary/aromatic N) is 1. The van der Waals surface area contributed by atoms with Crippen molar-refractivity contribution in [2.45, 2.75) is 0 Å². The Labute approximate surface area is 136 Å². The number of aromatic nitrogens is 1. The van der Waals surface area contributed by atoms with Crippen LogP contribution in [0.15, 0.2) is 82.1 Å². The normalized spacial score (nSPS) is 11.1. The predicted octanol–water partition coefficient (Wildman–Crippen LogP) is 4.86.